The lowest BCUT2D eigenvalue weighted by atomic mass is 9.98. The van der Waals surface area contributed by atoms with Crippen LogP contribution in [-0.4, -0.2) is 19.1 Å². The molecule has 2 N–H and O–H groups in total. The number of aryl methyl sites for hydroxylation is 1. The zero-order valence-electron chi connectivity index (χ0n) is 15.8. The van der Waals surface area contributed by atoms with Crippen molar-refractivity contribution in [3.8, 4) is 0 Å². The zero-order valence-corrected chi connectivity index (χ0v) is 15.8. The first-order valence-corrected chi connectivity index (χ1v) is 9.40. The van der Waals surface area contributed by atoms with Crippen molar-refractivity contribution >= 4 is 23.0 Å². The summed E-state index contributed by atoms with van der Waals surface area (Å²) in [6.45, 7) is 7.88. The molecule has 0 bridgehead atoms. The molecule has 1 saturated heterocycles. The van der Waals surface area contributed by atoms with E-state index in [1.54, 1.807) is 0 Å². The molecule has 1 heterocycles. The first kappa shape index (κ1) is 18.5. The van der Waals surface area contributed by atoms with Crippen LogP contribution in [0.4, 0.5) is 17.1 Å². The number of hydrogen-bond acceptors (Lipinski definition) is 3. The Bertz CT molecular complexity index is 747. The fourth-order valence-corrected chi connectivity index (χ4v) is 3.33. The van der Waals surface area contributed by atoms with Gasteiger partial charge in [0.2, 0.25) is 5.91 Å². The van der Waals surface area contributed by atoms with Gasteiger partial charge in [-0.3, -0.25) is 4.79 Å². The van der Waals surface area contributed by atoms with Gasteiger partial charge in [-0.2, -0.15) is 0 Å². The predicted octanol–water partition coefficient (Wildman–Crippen LogP) is 5.23. The van der Waals surface area contributed by atoms with Gasteiger partial charge in [0.1, 0.15) is 0 Å². The van der Waals surface area contributed by atoms with Gasteiger partial charge in [0, 0.05) is 36.2 Å². The van der Waals surface area contributed by atoms with Crippen LogP contribution in [0.2, 0.25) is 0 Å². The van der Waals surface area contributed by atoms with E-state index in [9.17, 15) is 4.79 Å². The summed E-state index contributed by atoms with van der Waals surface area (Å²) in [6, 6.07) is 14.3. The monoisotopic (exact) mass is 352 g/mol. The minimum absolute atomic E-state index is 0.0575. The molecule has 2 aromatic carbocycles. The summed E-state index contributed by atoms with van der Waals surface area (Å²) < 4.78 is 5.32. The van der Waals surface area contributed by atoms with Crippen molar-refractivity contribution in [2.24, 2.45) is 5.92 Å². The first-order valence-electron chi connectivity index (χ1n) is 9.40. The molecule has 0 aromatic heterocycles. The Morgan fingerprint density at radius 3 is 2.35 bits per heavy atom. The second-order valence-electron chi connectivity index (χ2n) is 7.27. The van der Waals surface area contributed by atoms with Crippen LogP contribution in [-0.2, 0) is 9.53 Å². The Balaban J connectivity index is 1.68. The highest BCUT2D eigenvalue weighted by Crippen LogP contribution is 2.30. The summed E-state index contributed by atoms with van der Waals surface area (Å²) in [5.74, 6) is 0.604. The first-order chi connectivity index (χ1) is 12.5. The number of anilines is 3. The molecule has 0 unspecified atom stereocenters. The molecule has 4 nitrogen and oxygen atoms in total. The summed E-state index contributed by atoms with van der Waals surface area (Å²) in [7, 11) is 0. The Labute approximate surface area is 156 Å². The van der Waals surface area contributed by atoms with E-state index in [-0.39, 0.29) is 11.8 Å². The molecule has 1 amide bonds. The highest BCUT2D eigenvalue weighted by Gasteiger charge is 2.21. The SMILES string of the molecule is Cc1cccc(C(C)C)c1Nc1ccc(NC(=O)C2CCOCC2)cc1. The van der Waals surface area contributed by atoms with E-state index in [0.717, 1.165) is 24.2 Å². The average molecular weight is 352 g/mol. The van der Waals surface area contributed by atoms with Gasteiger partial charge in [-0.05, 0) is 61.1 Å². The van der Waals surface area contributed by atoms with Gasteiger partial charge in [-0.25, -0.2) is 0 Å². The van der Waals surface area contributed by atoms with Crippen LogP contribution in [0.25, 0.3) is 0 Å². The Kier molecular flexibility index (Phi) is 5.94. The summed E-state index contributed by atoms with van der Waals surface area (Å²) in [5.41, 5.74) is 5.56. The molecule has 4 heteroatoms. The molecule has 1 aliphatic rings. The summed E-state index contributed by atoms with van der Waals surface area (Å²) in [4.78, 5) is 12.3. The molecular formula is C22H28N2O2. The number of hydrogen-bond donors (Lipinski definition) is 2. The third kappa shape index (κ3) is 4.44. The van der Waals surface area contributed by atoms with Crippen molar-refractivity contribution in [2.75, 3.05) is 23.8 Å². The number of rotatable bonds is 5. The van der Waals surface area contributed by atoms with E-state index >= 15 is 0 Å². The molecule has 2 aromatic rings. The van der Waals surface area contributed by atoms with E-state index in [0.29, 0.717) is 19.1 Å². The van der Waals surface area contributed by atoms with Crippen LogP contribution in [0.1, 0.15) is 43.7 Å². The van der Waals surface area contributed by atoms with Crippen LogP contribution >= 0.6 is 0 Å². The maximum absolute atomic E-state index is 12.3. The summed E-state index contributed by atoms with van der Waals surface area (Å²) in [5, 5.41) is 6.56. The fraction of sp³-hybridized carbons (Fsp3) is 0.409. The maximum Gasteiger partial charge on any atom is 0.227 e. The van der Waals surface area contributed by atoms with Gasteiger partial charge < -0.3 is 15.4 Å². The number of carbonyl (C=O) groups is 1. The normalized spacial score (nSPS) is 15.1. The number of benzene rings is 2. The van der Waals surface area contributed by atoms with Gasteiger partial charge in [0.25, 0.3) is 0 Å². The van der Waals surface area contributed by atoms with Crippen LogP contribution in [0.3, 0.4) is 0 Å². The van der Waals surface area contributed by atoms with Gasteiger partial charge in [0.05, 0.1) is 0 Å². The topological polar surface area (TPSA) is 50.4 Å². The molecule has 3 rings (SSSR count). The summed E-state index contributed by atoms with van der Waals surface area (Å²) >= 11 is 0. The Morgan fingerprint density at radius 2 is 1.69 bits per heavy atom. The molecule has 1 fully saturated rings. The Morgan fingerprint density at radius 1 is 1.04 bits per heavy atom. The molecule has 1 aliphatic heterocycles. The highest BCUT2D eigenvalue weighted by molar-refractivity contribution is 5.92. The lowest BCUT2D eigenvalue weighted by Gasteiger charge is -2.21. The molecule has 26 heavy (non-hydrogen) atoms. The lowest BCUT2D eigenvalue weighted by Crippen LogP contribution is -2.28. The van der Waals surface area contributed by atoms with Crippen molar-refractivity contribution in [3.63, 3.8) is 0 Å². The van der Waals surface area contributed by atoms with Crippen molar-refractivity contribution in [3.05, 3.63) is 53.6 Å². The van der Waals surface area contributed by atoms with Crippen LogP contribution in [0.5, 0.6) is 0 Å². The molecule has 0 radical (unpaired) electrons. The largest absolute Gasteiger partial charge is 0.381 e. The standard InChI is InChI=1S/C22H28N2O2/c1-15(2)20-6-4-5-16(3)21(20)23-18-7-9-19(10-8-18)24-22(25)17-11-13-26-14-12-17/h4-10,15,17,23H,11-14H2,1-3H3,(H,24,25). The van der Waals surface area contributed by atoms with E-state index in [1.165, 1.54) is 16.8 Å². The number of ether oxygens (including phenoxy) is 1. The van der Waals surface area contributed by atoms with Crippen molar-refractivity contribution in [1.82, 2.24) is 0 Å². The predicted molar refractivity (Wildman–Crippen MR) is 107 cm³/mol. The van der Waals surface area contributed by atoms with E-state index in [2.05, 4.69) is 49.6 Å². The quantitative estimate of drug-likeness (QED) is 0.775. The zero-order chi connectivity index (χ0) is 18.5. The van der Waals surface area contributed by atoms with E-state index in [1.807, 2.05) is 24.3 Å². The number of amides is 1. The van der Waals surface area contributed by atoms with Gasteiger partial charge in [-0.15, -0.1) is 0 Å². The molecule has 0 atom stereocenters. The Hall–Kier alpha value is -2.33. The van der Waals surface area contributed by atoms with Gasteiger partial charge in [0.15, 0.2) is 0 Å². The highest BCUT2D eigenvalue weighted by atomic mass is 16.5. The molecular weight excluding hydrogens is 324 g/mol. The smallest absolute Gasteiger partial charge is 0.227 e. The van der Waals surface area contributed by atoms with Crippen LogP contribution in [0.15, 0.2) is 42.5 Å². The van der Waals surface area contributed by atoms with Crippen molar-refractivity contribution < 1.29 is 9.53 Å². The van der Waals surface area contributed by atoms with Crippen molar-refractivity contribution in [2.45, 2.75) is 39.5 Å². The maximum atomic E-state index is 12.3. The van der Waals surface area contributed by atoms with Crippen LogP contribution in [0, 0.1) is 12.8 Å². The molecule has 0 saturated carbocycles. The lowest BCUT2D eigenvalue weighted by molar-refractivity contribution is -0.122. The summed E-state index contributed by atoms with van der Waals surface area (Å²) in [6.07, 6.45) is 1.60. The number of carbonyl (C=O) groups excluding carboxylic acids is 1. The van der Waals surface area contributed by atoms with E-state index < -0.39 is 0 Å². The number of nitrogens with one attached hydrogen (secondary N) is 2. The average Bonchev–Trinajstić information content (AvgIpc) is 2.65. The second-order valence-corrected chi connectivity index (χ2v) is 7.27. The van der Waals surface area contributed by atoms with Gasteiger partial charge >= 0.3 is 0 Å². The minimum atomic E-state index is 0.0575. The minimum Gasteiger partial charge on any atom is -0.381 e. The molecule has 0 spiro atoms. The van der Waals surface area contributed by atoms with E-state index in [4.69, 9.17) is 4.74 Å². The van der Waals surface area contributed by atoms with Gasteiger partial charge in [-0.1, -0.05) is 32.0 Å². The fourth-order valence-electron chi connectivity index (χ4n) is 3.33. The molecule has 138 valence electrons. The second kappa shape index (κ2) is 8.37. The van der Waals surface area contributed by atoms with Crippen LogP contribution < -0.4 is 10.6 Å². The molecule has 0 aliphatic carbocycles. The van der Waals surface area contributed by atoms with Crippen molar-refractivity contribution in [1.29, 1.82) is 0 Å². The third-order valence-corrected chi connectivity index (χ3v) is 4.94. The third-order valence-electron chi connectivity index (χ3n) is 4.94. The number of para-hydroxylation sites is 1.